The van der Waals surface area contributed by atoms with Gasteiger partial charge in [0.25, 0.3) is 11.1 Å². The van der Waals surface area contributed by atoms with E-state index in [2.05, 4.69) is 0 Å². The Morgan fingerprint density at radius 2 is 1.87 bits per heavy atom. The topological polar surface area (TPSA) is 93.1 Å². The number of imide groups is 1. The summed E-state index contributed by atoms with van der Waals surface area (Å²) in [5, 5.41) is 8.44. The Bertz CT molecular complexity index is 1050. The van der Waals surface area contributed by atoms with E-state index >= 15 is 0 Å². The number of thioether (sulfide) groups is 1. The summed E-state index contributed by atoms with van der Waals surface area (Å²) in [4.78, 5) is 37.7. The molecule has 2 aromatic carbocycles. The van der Waals surface area contributed by atoms with Crippen LogP contribution in [0.25, 0.3) is 6.08 Å². The lowest BCUT2D eigenvalue weighted by Gasteiger charge is -2.16. The second kappa shape index (κ2) is 9.04. The third-order valence-corrected chi connectivity index (χ3v) is 5.19. The lowest BCUT2D eigenvalue weighted by molar-refractivity contribution is -0.139. The fraction of sp³-hybridized carbons (Fsp3) is 0.227. The van der Waals surface area contributed by atoms with Crippen LogP contribution in [0.3, 0.4) is 0 Å². The first-order valence-corrected chi connectivity index (χ1v) is 10.1. The maximum Gasteiger partial charge on any atom is 0.341 e. The van der Waals surface area contributed by atoms with Gasteiger partial charge in [0.2, 0.25) is 0 Å². The van der Waals surface area contributed by atoms with Crippen molar-refractivity contribution in [3.05, 3.63) is 58.0 Å². The van der Waals surface area contributed by atoms with Crippen molar-refractivity contribution in [3.8, 4) is 11.5 Å². The zero-order valence-electron chi connectivity index (χ0n) is 16.8. The van der Waals surface area contributed by atoms with Gasteiger partial charge in [-0.05, 0) is 73.5 Å². The van der Waals surface area contributed by atoms with Gasteiger partial charge in [0.1, 0.15) is 0 Å². The highest BCUT2D eigenvalue weighted by atomic mass is 32.2. The Morgan fingerprint density at radius 3 is 2.57 bits per heavy atom. The number of benzene rings is 2. The molecule has 0 bridgehead atoms. The third kappa shape index (κ3) is 4.65. The summed E-state index contributed by atoms with van der Waals surface area (Å²) in [5.41, 5.74) is 3.00. The number of rotatable bonds is 7. The van der Waals surface area contributed by atoms with Crippen LogP contribution < -0.4 is 14.4 Å². The molecule has 30 heavy (non-hydrogen) atoms. The van der Waals surface area contributed by atoms with Crippen molar-refractivity contribution in [2.75, 3.05) is 18.1 Å². The van der Waals surface area contributed by atoms with Gasteiger partial charge in [0, 0.05) is 0 Å². The van der Waals surface area contributed by atoms with Crippen LogP contribution in [0, 0.1) is 13.8 Å². The lowest BCUT2D eigenvalue weighted by Crippen LogP contribution is -2.28. The molecule has 0 aromatic heterocycles. The minimum absolute atomic E-state index is 0.292. The van der Waals surface area contributed by atoms with Gasteiger partial charge in [-0.25, -0.2) is 9.69 Å². The Kier molecular flexibility index (Phi) is 6.47. The molecule has 3 rings (SSSR count). The highest BCUT2D eigenvalue weighted by Crippen LogP contribution is 2.38. The molecule has 2 aromatic rings. The average Bonchev–Trinajstić information content (AvgIpc) is 2.96. The summed E-state index contributed by atoms with van der Waals surface area (Å²) in [6.07, 6.45) is 1.61. The second-order valence-corrected chi connectivity index (χ2v) is 7.62. The number of carboxylic acids is 1. The van der Waals surface area contributed by atoms with E-state index in [0.717, 1.165) is 22.9 Å². The number of amides is 2. The minimum Gasteiger partial charge on any atom is -0.490 e. The number of carbonyl (C=O) groups excluding carboxylic acids is 2. The minimum atomic E-state index is -1.10. The second-order valence-electron chi connectivity index (χ2n) is 6.63. The molecule has 0 unspecified atom stereocenters. The van der Waals surface area contributed by atoms with E-state index in [1.165, 1.54) is 4.90 Å². The number of hydrogen-bond acceptors (Lipinski definition) is 6. The van der Waals surface area contributed by atoms with Crippen LogP contribution in [0.2, 0.25) is 0 Å². The smallest absolute Gasteiger partial charge is 0.341 e. The first-order valence-electron chi connectivity index (χ1n) is 9.26. The van der Waals surface area contributed by atoms with Gasteiger partial charge in [-0.2, -0.15) is 0 Å². The van der Waals surface area contributed by atoms with Crippen LogP contribution >= 0.6 is 11.8 Å². The van der Waals surface area contributed by atoms with Gasteiger partial charge in [-0.15, -0.1) is 0 Å². The number of nitrogens with zero attached hydrogens (tertiary/aromatic N) is 1. The molecule has 0 atom stereocenters. The summed E-state index contributed by atoms with van der Waals surface area (Å²) in [5.74, 6) is -0.828. The summed E-state index contributed by atoms with van der Waals surface area (Å²) < 4.78 is 10.8. The van der Waals surface area contributed by atoms with Crippen LogP contribution in [0.15, 0.2) is 41.3 Å². The molecule has 0 radical (unpaired) electrons. The quantitative estimate of drug-likeness (QED) is 0.654. The molecule has 1 saturated heterocycles. The standard InChI is InChI=1S/C22H21NO6S/c1-4-28-18-10-15(7-8-17(18)29-12-20(24)25)11-19-21(26)23(22(27)30-19)16-9-13(2)5-6-14(16)3/h5-11H,4,12H2,1-3H3,(H,24,25)/b19-11+. The number of aryl methyl sites for hydroxylation is 2. The first-order chi connectivity index (χ1) is 14.3. The zero-order chi connectivity index (χ0) is 21.8. The van der Waals surface area contributed by atoms with E-state index in [1.54, 1.807) is 31.2 Å². The normalized spacial score (nSPS) is 15.0. The number of anilines is 1. The van der Waals surface area contributed by atoms with Gasteiger partial charge in [-0.1, -0.05) is 18.2 Å². The monoisotopic (exact) mass is 427 g/mol. The van der Waals surface area contributed by atoms with E-state index in [-0.39, 0.29) is 11.1 Å². The molecule has 2 amide bonds. The Labute approximate surface area is 178 Å². The van der Waals surface area contributed by atoms with Gasteiger partial charge in [0.15, 0.2) is 18.1 Å². The largest absolute Gasteiger partial charge is 0.490 e. The van der Waals surface area contributed by atoms with Crippen molar-refractivity contribution >= 4 is 40.6 Å². The molecule has 1 heterocycles. The SMILES string of the molecule is CCOc1cc(/C=C2/SC(=O)N(c3cc(C)ccc3C)C2=O)ccc1OCC(=O)O. The van der Waals surface area contributed by atoms with Crippen molar-refractivity contribution in [2.45, 2.75) is 20.8 Å². The highest BCUT2D eigenvalue weighted by Gasteiger charge is 2.37. The molecular weight excluding hydrogens is 406 g/mol. The predicted octanol–water partition coefficient (Wildman–Crippen LogP) is 4.41. The molecule has 1 N–H and O–H groups in total. The Morgan fingerprint density at radius 1 is 1.10 bits per heavy atom. The Hall–Kier alpha value is -3.26. The van der Waals surface area contributed by atoms with Crippen molar-refractivity contribution in [1.82, 2.24) is 0 Å². The van der Waals surface area contributed by atoms with E-state index in [9.17, 15) is 14.4 Å². The Balaban J connectivity index is 1.90. The van der Waals surface area contributed by atoms with Gasteiger partial charge in [-0.3, -0.25) is 9.59 Å². The van der Waals surface area contributed by atoms with Gasteiger partial charge < -0.3 is 14.6 Å². The first kappa shape index (κ1) is 21.4. The van der Waals surface area contributed by atoms with Crippen LogP contribution in [-0.4, -0.2) is 35.4 Å². The molecular formula is C22H21NO6S. The summed E-state index contributed by atoms with van der Waals surface area (Å²) in [6, 6.07) is 10.5. The van der Waals surface area contributed by atoms with Crippen LogP contribution in [0.4, 0.5) is 10.5 Å². The fourth-order valence-corrected chi connectivity index (χ4v) is 3.76. The van der Waals surface area contributed by atoms with E-state index in [1.807, 2.05) is 32.0 Å². The molecule has 8 heteroatoms. The van der Waals surface area contributed by atoms with E-state index in [0.29, 0.717) is 34.3 Å². The molecule has 1 fully saturated rings. The highest BCUT2D eigenvalue weighted by molar-refractivity contribution is 8.19. The van der Waals surface area contributed by atoms with Crippen LogP contribution in [0.5, 0.6) is 11.5 Å². The zero-order valence-corrected chi connectivity index (χ0v) is 17.6. The summed E-state index contributed by atoms with van der Waals surface area (Å²) >= 11 is 0.872. The van der Waals surface area contributed by atoms with E-state index < -0.39 is 12.6 Å². The number of aliphatic carboxylic acids is 1. The number of hydrogen-bond donors (Lipinski definition) is 1. The van der Waals surface area contributed by atoms with Crippen molar-refractivity contribution in [3.63, 3.8) is 0 Å². The van der Waals surface area contributed by atoms with Crippen molar-refractivity contribution in [1.29, 1.82) is 0 Å². The predicted molar refractivity (Wildman–Crippen MR) is 115 cm³/mol. The third-order valence-electron chi connectivity index (χ3n) is 4.32. The maximum atomic E-state index is 12.9. The van der Waals surface area contributed by atoms with Crippen molar-refractivity contribution in [2.24, 2.45) is 0 Å². The molecule has 0 saturated carbocycles. The molecule has 0 aliphatic carbocycles. The molecule has 1 aliphatic heterocycles. The fourth-order valence-electron chi connectivity index (χ4n) is 2.93. The van der Waals surface area contributed by atoms with E-state index in [4.69, 9.17) is 14.6 Å². The number of carbonyl (C=O) groups is 3. The van der Waals surface area contributed by atoms with Gasteiger partial charge >= 0.3 is 5.97 Å². The maximum absolute atomic E-state index is 12.9. The summed E-state index contributed by atoms with van der Waals surface area (Å²) in [7, 11) is 0. The molecule has 7 nitrogen and oxygen atoms in total. The van der Waals surface area contributed by atoms with Crippen LogP contribution in [0.1, 0.15) is 23.6 Å². The molecule has 156 valence electrons. The molecule has 0 spiro atoms. The molecule has 1 aliphatic rings. The average molecular weight is 427 g/mol. The van der Waals surface area contributed by atoms with Crippen LogP contribution in [-0.2, 0) is 9.59 Å². The summed E-state index contributed by atoms with van der Waals surface area (Å²) in [6.45, 7) is 5.42. The van der Waals surface area contributed by atoms with Crippen molar-refractivity contribution < 1.29 is 29.0 Å². The number of ether oxygens (including phenoxy) is 2. The lowest BCUT2D eigenvalue weighted by atomic mass is 10.1. The van der Waals surface area contributed by atoms with Gasteiger partial charge in [0.05, 0.1) is 17.2 Å². The number of carboxylic acid groups (broad SMARTS) is 1.